The molecule has 0 bridgehead atoms. The van der Waals surface area contributed by atoms with Crippen LogP contribution in [0.2, 0.25) is 0 Å². The highest BCUT2D eigenvalue weighted by Crippen LogP contribution is 2.18. The van der Waals surface area contributed by atoms with Crippen molar-refractivity contribution in [2.45, 2.75) is 0 Å². The highest BCUT2D eigenvalue weighted by molar-refractivity contribution is 6.19. The van der Waals surface area contributed by atoms with Gasteiger partial charge in [0.2, 0.25) is 0 Å². The van der Waals surface area contributed by atoms with Gasteiger partial charge >= 0.3 is 0 Å². The van der Waals surface area contributed by atoms with E-state index in [4.69, 9.17) is 17.3 Å². The van der Waals surface area contributed by atoms with Crippen molar-refractivity contribution in [2.75, 3.05) is 11.6 Å². The molecule has 1 rings (SSSR count). The lowest BCUT2D eigenvalue weighted by molar-refractivity contribution is -0.384. The Bertz CT molecular complexity index is 421. The summed E-state index contributed by atoms with van der Waals surface area (Å²) in [6.07, 6.45) is 0. The predicted octanol–water partition coefficient (Wildman–Crippen LogP) is 1.77. The summed E-state index contributed by atoms with van der Waals surface area (Å²) in [5.41, 5.74) is 6.35. The van der Waals surface area contributed by atoms with Crippen LogP contribution in [0.15, 0.2) is 18.2 Å². The van der Waals surface area contributed by atoms with Gasteiger partial charge in [0.05, 0.1) is 16.5 Å². The fourth-order valence-electron chi connectivity index (χ4n) is 0.906. The maximum Gasteiger partial charge on any atom is 0.271 e. The molecular formula is C9H7ClN2O2. The van der Waals surface area contributed by atoms with Crippen LogP contribution in [0, 0.1) is 22.0 Å². The third kappa shape index (κ3) is 2.38. The van der Waals surface area contributed by atoms with E-state index in [0.717, 1.165) is 0 Å². The van der Waals surface area contributed by atoms with Crippen LogP contribution in [0.25, 0.3) is 0 Å². The zero-order valence-electron chi connectivity index (χ0n) is 7.16. The average molecular weight is 211 g/mol. The van der Waals surface area contributed by atoms with Crippen molar-refractivity contribution in [3.63, 3.8) is 0 Å². The van der Waals surface area contributed by atoms with Crippen molar-refractivity contribution < 1.29 is 4.92 Å². The molecule has 0 spiro atoms. The van der Waals surface area contributed by atoms with Crippen molar-refractivity contribution >= 4 is 23.0 Å². The number of nitrogens with zero attached hydrogens (tertiary/aromatic N) is 1. The minimum absolute atomic E-state index is 0.0427. The van der Waals surface area contributed by atoms with E-state index in [1.165, 1.54) is 18.2 Å². The third-order valence-electron chi connectivity index (χ3n) is 1.54. The van der Waals surface area contributed by atoms with Gasteiger partial charge in [-0.3, -0.25) is 10.1 Å². The van der Waals surface area contributed by atoms with E-state index in [0.29, 0.717) is 5.56 Å². The Hall–Kier alpha value is -1.73. The number of rotatable bonds is 1. The van der Waals surface area contributed by atoms with E-state index >= 15 is 0 Å². The maximum atomic E-state index is 10.4. The van der Waals surface area contributed by atoms with E-state index in [9.17, 15) is 10.1 Å². The maximum absolute atomic E-state index is 10.4. The number of nitrogens with two attached hydrogens (primary N) is 1. The largest absolute Gasteiger partial charge is 0.398 e. The Balaban J connectivity index is 3.07. The van der Waals surface area contributed by atoms with Crippen molar-refractivity contribution in [3.8, 4) is 11.8 Å². The van der Waals surface area contributed by atoms with E-state index < -0.39 is 4.92 Å². The van der Waals surface area contributed by atoms with Gasteiger partial charge in [0.25, 0.3) is 5.69 Å². The number of benzene rings is 1. The van der Waals surface area contributed by atoms with Crippen molar-refractivity contribution in [1.82, 2.24) is 0 Å². The molecule has 0 saturated heterocycles. The summed E-state index contributed by atoms with van der Waals surface area (Å²) in [5, 5.41) is 10.4. The number of nitro groups is 1. The van der Waals surface area contributed by atoms with Crippen LogP contribution < -0.4 is 5.73 Å². The first-order valence-electron chi connectivity index (χ1n) is 3.74. The molecule has 0 amide bonds. The number of nitro benzene ring substituents is 1. The van der Waals surface area contributed by atoms with Crippen molar-refractivity contribution in [1.29, 1.82) is 0 Å². The predicted molar refractivity (Wildman–Crippen MR) is 55.1 cm³/mol. The quantitative estimate of drug-likeness (QED) is 0.253. The van der Waals surface area contributed by atoms with Crippen LogP contribution in [0.3, 0.4) is 0 Å². The van der Waals surface area contributed by atoms with Gasteiger partial charge in [-0.2, -0.15) is 0 Å². The molecule has 0 fully saturated rings. The monoisotopic (exact) mass is 210 g/mol. The van der Waals surface area contributed by atoms with Gasteiger partial charge in [-0.25, -0.2) is 0 Å². The lowest BCUT2D eigenvalue weighted by Crippen LogP contribution is -1.94. The van der Waals surface area contributed by atoms with E-state index in [-0.39, 0.29) is 17.3 Å². The first-order chi connectivity index (χ1) is 6.65. The van der Waals surface area contributed by atoms with Crippen LogP contribution >= 0.6 is 11.6 Å². The molecule has 0 aliphatic rings. The Kier molecular flexibility index (Phi) is 3.32. The number of nitrogen functional groups attached to an aromatic ring is 1. The molecule has 0 atom stereocenters. The fraction of sp³-hybridized carbons (Fsp3) is 0.111. The minimum atomic E-state index is -0.505. The average Bonchev–Trinajstić information content (AvgIpc) is 2.15. The van der Waals surface area contributed by atoms with E-state index in [1.54, 1.807) is 0 Å². The van der Waals surface area contributed by atoms with Crippen molar-refractivity contribution in [2.24, 2.45) is 0 Å². The Morgan fingerprint density at radius 3 is 2.79 bits per heavy atom. The molecule has 0 heterocycles. The van der Waals surface area contributed by atoms with Crippen LogP contribution in [0.1, 0.15) is 5.56 Å². The van der Waals surface area contributed by atoms with Crippen molar-refractivity contribution in [3.05, 3.63) is 33.9 Å². The Morgan fingerprint density at radius 1 is 1.57 bits per heavy atom. The summed E-state index contributed by atoms with van der Waals surface area (Å²) in [7, 11) is 0. The summed E-state index contributed by atoms with van der Waals surface area (Å²) in [6, 6.07) is 4.14. The molecule has 0 unspecified atom stereocenters. The van der Waals surface area contributed by atoms with Gasteiger partial charge in [-0.15, -0.1) is 11.6 Å². The minimum Gasteiger partial charge on any atom is -0.398 e. The molecule has 0 aliphatic heterocycles. The molecular weight excluding hydrogens is 204 g/mol. The Morgan fingerprint density at radius 2 is 2.29 bits per heavy atom. The van der Waals surface area contributed by atoms with Gasteiger partial charge in [0.1, 0.15) is 0 Å². The number of alkyl halides is 1. The van der Waals surface area contributed by atoms with Crippen LogP contribution in [0.4, 0.5) is 11.4 Å². The summed E-state index contributed by atoms with van der Waals surface area (Å²) < 4.78 is 0. The lowest BCUT2D eigenvalue weighted by Gasteiger charge is -1.97. The molecule has 14 heavy (non-hydrogen) atoms. The second-order valence-corrected chi connectivity index (χ2v) is 2.73. The molecule has 0 radical (unpaired) electrons. The summed E-state index contributed by atoms with van der Waals surface area (Å²) in [5.74, 6) is 5.52. The SMILES string of the molecule is Nc1cc([N+](=O)[O-])ccc1C#CCCl. The molecule has 1 aromatic carbocycles. The third-order valence-corrected chi connectivity index (χ3v) is 1.67. The molecule has 72 valence electrons. The molecule has 2 N–H and O–H groups in total. The number of halogens is 1. The topological polar surface area (TPSA) is 69.2 Å². The summed E-state index contributed by atoms with van der Waals surface area (Å²) in [6.45, 7) is 0. The first kappa shape index (κ1) is 10.4. The van der Waals surface area contributed by atoms with Crippen LogP contribution in [0.5, 0.6) is 0 Å². The zero-order valence-corrected chi connectivity index (χ0v) is 7.91. The summed E-state index contributed by atoms with van der Waals surface area (Å²) >= 11 is 5.36. The van der Waals surface area contributed by atoms with Gasteiger partial charge in [-0.05, 0) is 6.07 Å². The zero-order chi connectivity index (χ0) is 10.6. The molecule has 0 aliphatic carbocycles. The number of hydrogen-bond acceptors (Lipinski definition) is 3. The molecule has 0 aromatic heterocycles. The highest BCUT2D eigenvalue weighted by Gasteiger charge is 2.06. The second kappa shape index (κ2) is 4.49. The van der Waals surface area contributed by atoms with E-state index in [1.807, 2.05) is 0 Å². The smallest absolute Gasteiger partial charge is 0.271 e. The number of non-ortho nitro benzene ring substituents is 1. The first-order valence-corrected chi connectivity index (χ1v) is 4.27. The number of hydrogen-bond donors (Lipinski definition) is 1. The second-order valence-electron chi connectivity index (χ2n) is 2.46. The molecule has 0 saturated carbocycles. The lowest BCUT2D eigenvalue weighted by atomic mass is 10.1. The fourth-order valence-corrected chi connectivity index (χ4v) is 0.973. The van der Waals surface area contributed by atoms with Gasteiger partial charge in [-0.1, -0.05) is 11.8 Å². The highest BCUT2D eigenvalue weighted by atomic mass is 35.5. The normalized spacial score (nSPS) is 8.93. The summed E-state index contributed by atoms with van der Waals surface area (Å²) in [4.78, 5) is 9.87. The van der Waals surface area contributed by atoms with Gasteiger partial charge in [0, 0.05) is 17.7 Å². The molecule has 4 nitrogen and oxygen atoms in total. The Labute approximate surface area is 85.8 Å². The molecule has 5 heteroatoms. The van der Waals surface area contributed by atoms with Gasteiger partial charge < -0.3 is 5.73 Å². The van der Waals surface area contributed by atoms with Crippen LogP contribution in [-0.2, 0) is 0 Å². The van der Waals surface area contributed by atoms with Gasteiger partial charge in [0.15, 0.2) is 0 Å². The van der Waals surface area contributed by atoms with E-state index in [2.05, 4.69) is 11.8 Å². The molecule has 1 aromatic rings. The number of anilines is 1. The standard InChI is InChI=1S/C9H7ClN2O2/c10-5-1-2-7-3-4-8(12(13)14)6-9(7)11/h3-4,6H,5,11H2. The van der Waals surface area contributed by atoms with Crippen LogP contribution in [-0.4, -0.2) is 10.8 Å².